The number of hydrogen-bond donors (Lipinski definition) is 0. The zero-order valence-corrected chi connectivity index (χ0v) is 18.2. The number of amidine groups is 1. The number of hydrogen-bond acceptors (Lipinski definition) is 4. The molecule has 0 atom stereocenters. The van der Waals surface area contributed by atoms with E-state index in [2.05, 4.69) is 4.40 Å². The smallest absolute Gasteiger partial charge is 0.285 e. The summed E-state index contributed by atoms with van der Waals surface area (Å²) in [5, 5.41) is 0.488. The Balaban J connectivity index is 1.54. The van der Waals surface area contributed by atoms with Gasteiger partial charge in [0, 0.05) is 42.7 Å². The summed E-state index contributed by atoms with van der Waals surface area (Å²) in [6, 6.07) is 6.85. The number of sulfonamides is 1. The predicted molar refractivity (Wildman–Crippen MR) is 115 cm³/mol. The van der Waals surface area contributed by atoms with E-state index in [4.69, 9.17) is 11.6 Å². The average Bonchev–Trinajstić information content (AvgIpc) is 3.20. The van der Waals surface area contributed by atoms with Crippen LogP contribution < -0.4 is 0 Å². The standard InChI is InChI=1S/C21H26ClN3O3S/c1-15-19(17-8-4-9-18(22)14-17)29(27,28)23-20(15)24-10-5-11-25(13-12-24)21(26)16-6-2-3-7-16/h4,8-9,14,16H,2-3,5-7,10-13H2,1H3. The third-order valence-electron chi connectivity index (χ3n) is 6.04. The zero-order valence-electron chi connectivity index (χ0n) is 16.6. The molecule has 156 valence electrons. The van der Waals surface area contributed by atoms with Crippen molar-refractivity contribution in [2.75, 3.05) is 26.2 Å². The van der Waals surface area contributed by atoms with Gasteiger partial charge in [-0.25, -0.2) is 0 Å². The first-order valence-corrected chi connectivity index (χ1v) is 12.0. The zero-order chi connectivity index (χ0) is 20.6. The van der Waals surface area contributed by atoms with E-state index >= 15 is 0 Å². The van der Waals surface area contributed by atoms with Crippen LogP contribution in [0.3, 0.4) is 0 Å². The summed E-state index contributed by atoms with van der Waals surface area (Å²) in [6.45, 7) is 4.39. The summed E-state index contributed by atoms with van der Waals surface area (Å²) < 4.78 is 29.7. The van der Waals surface area contributed by atoms with Gasteiger partial charge in [0.05, 0.1) is 0 Å². The van der Waals surface area contributed by atoms with Crippen molar-refractivity contribution in [3.05, 3.63) is 40.4 Å². The highest BCUT2D eigenvalue weighted by Gasteiger charge is 2.35. The van der Waals surface area contributed by atoms with Crippen LogP contribution in [0.4, 0.5) is 0 Å². The van der Waals surface area contributed by atoms with Crippen molar-refractivity contribution >= 4 is 38.3 Å². The predicted octanol–water partition coefficient (Wildman–Crippen LogP) is 3.54. The molecule has 6 nitrogen and oxygen atoms in total. The van der Waals surface area contributed by atoms with Gasteiger partial charge in [-0.15, -0.1) is 4.40 Å². The van der Waals surface area contributed by atoms with Crippen LogP contribution in [0.5, 0.6) is 0 Å². The van der Waals surface area contributed by atoms with E-state index < -0.39 is 10.0 Å². The number of carbonyl (C=O) groups excluding carboxylic acids is 1. The van der Waals surface area contributed by atoms with Crippen LogP contribution in [0.1, 0.15) is 44.6 Å². The van der Waals surface area contributed by atoms with E-state index in [1.807, 2.05) is 9.80 Å². The molecule has 8 heteroatoms. The molecule has 29 heavy (non-hydrogen) atoms. The summed E-state index contributed by atoms with van der Waals surface area (Å²) in [5.41, 5.74) is 1.20. The highest BCUT2D eigenvalue weighted by Crippen LogP contribution is 2.35. The van der Waals surface area contributed by atoms with E-state index in [1.54, 1.807) is 31.2 Å². The Labute approximate surface area is 177 Å². The lowest BCUT2D eigenvalue weighted by molar-refractivity contribution is -0.135. The molecule has 0 bridgehead atoms. The minimum Gasteiger partial charge on any atom is -0.354 e. The molecule has 2 aliphatic heterocycles. The largest absolute Gasteiger partial charge is 0.354 e. The summed E-state index contributed by atoms with van der Waals surface area (Å²) in [5.74, 6) is 0.925. The van der Waals surface area contributed by atoms with Crippen molar-refractivity contribution < 1.29 is 13.2 Å². The molecule has 1 saturated heterocycles. The second-order valence-corrected chi connectivity index (χ2v) is 9.98. The first-order chi connectivity index (χ1) is 13.9. The first-order valence-electron chi connectivity index (χ1n) is 10.2. The van der Waals surface area contributed by atoms with Gasteiger partial charge in [0.15, 0.2) is 0 Å². The number of benzene rings is 1. The molecule has 1 saturated carbocycles. The summed E-state index contributed by atoms with van der Waals surface area (Å²) >= 11 is 6.07. The molecule has 2 fully saturated rings. The molecule has 1 amide bonds. The molecular weight excluding hydrogens is 410 g/mol. The van der Waals surface area contributed by atoms with Crippen LogP contribution in [0.15, 0.2) is 34.2 Å². The Hall–Kier alpha value is -1.86. The lowest BCUT2D eigenvalue weighted by Gasteiger charge is -2.25. The molecule has 1 aliphatic carbocycles. The molecule has 0 N–H and O–H groups in total. The number of halogens is 1. The molecule has 0 unspecified atom stereocenters. The van der Waals surface area contributed by atoms with E-state index in [9.17, 15) is 13.2 Å². The quantitative estimate of drug-likeness (QED) is 0.712. The molecule has 0 aromatic heterocycles. The van der Waals surface area contributed by atoms with Gasteiger partial charge in [0.1, 0.15) is 10.7 Å². The van der Waals surface area contributed by atoms with Gasteiger partial charge in [0.2, 0.25) is 5.91 Å². The van der Waals surface area contributed by atoms with Gasteiger partial charge < -0.3 is 9.80 Å². The van der Waals surface area contributed by atoms with Crippen molar-refractivity contribution in [3.63, 3.8) is 0 Å². The molecule has 3 aliphatic rings. The molecule has 4 rings (SSSR count). The van der Waals surface area contributed by atoms with Crippen LogP contribution in [-0.4, -0.2) is 56.1 Å². The Morgan fingerprint density at radius 2 is 1.86 bits per heavy atom. The number of nitrogens with zero attached hydrogens (tertiary/aromatic N) is 3. The van der Waals surface area contributed by atoms with E-state index in [0.29, 0.717) is 41.6 Å². The number of rotatable bonds is 2. The third-order valence-corrected chi connectivity index (χ3v) is 7.75. The monoisotopic (exact) mass is 435 g/mol. The minimum atomic E-state index is -3.77. The van der Waals surface area contributed by atoms with Gasteiger partial charge in [-0.1, -0.05) is 36.6 Å². The molecule has 0 radical (unpaired) electrons. The molecule has 2 heterocycles. The molecule has 0 spiro atoms. The number of carbonyl (C=O) groups is 1. The van der Waals surface area contributed by atoms with Crippen LogP contribution >= 0.6 is 11.6 Å². The average molecular weight is 436 g/mol. The van der Waals surface area contributed by atoms with Crippen LogP contribution in [0.25, 0.3) is 4.91 Å². The fraction of sp³-hybridized carbons (Fsp3) is 0.524. The Kier molecular flexibility index (Phi) is 5.71. The van der Waals surface area contributed by atoms with Crippen molar-refractivity contribution in [2.24, 2.45) is 10.3 Å². The normalized spacial score (nSPS) is 22.8. The second kappa shape index (κ2) is 8.11. The van der Waals surface area contributed by atoms with Crippen LogP contribution in [0.2, 0.25) is 5.02 Å². The Morgan fingerprint density at radius 3 is 2.59 bits per heavy atom. The van der Waals surface area contributed by atoms with E-state index in [1.165, 1.54) is 0 Å². The minimum absolute atomic E-state index is 0.168. The van der Waals surface area contributed by atoms with E-state index in [-0.39, 0.29) is 16.7 Å². The molecular formula is C21H26ClN3O3S. The lowest BCUT2D eigenvalue weighted by Crippen LogP contribution is -2.39. The van der Waals surface area contributed by atoms with Gasteiger partial charge in [0.25, 0.3) is 10.0 Å². The number of amides is 1. The third kappa shape index (κ3) is 4.08. The molecule has 1 aromatic carbocycles. The summed E-state index contributed by atoms with van der Waals surface area (Å²) in [7, 11) is -3.77. The SMILES string of the molecule is CC1=C(c2cccc(Cl)c2)S(=O)(=O)N=C1N1CCCN(C(=O)C2CCCC2)CC1. The lowest BCUT2D eigenvalue weighted by atomic mass is 10.1. The maximum absolute atomic E-state index is 12.8. The van der Waals surface area contributed by atoms with Crippen molar-refractivity contribution in [1.29, 1.82) is 0 Å². The Morgan fingerprint density at radius 1 is 1.10 bits per heavy atom. The second-order valence-electron chi connectivity index (χ2n) is 8.00. The van der Waals surface area contributed by atoms with Crippen LogP contribution in [0, 0.1) is 5.92 Å². The van der Waals surface area contributed by atoms with Gasteiger partial charge >= 0.3 is 0 Å². The van der Waals surface area contributed by atoms with E-state index in [0.717, 1.165) is 38.6 Å². The first kappa shape index (κ1) is 20.4. The van der Waals surface area contributed by atoms with Gasteiger partial charge in [-0.05, 0) is 43.9 Å². The highest BCUT2D eigenvalue weighted by molar-refractivity contribution is 8.00. The summed E-state index contributed by atoms with van der Waals surface area (Å²) in [6.07, 6.45) is 5.07. The van der Waals surface area contributed by atoms with Gasteiger partial charge in [-0.2, -0.15) is 8.42 Å². The molecule has 1 aromatic rings. The Bertz CT molecular complexity index is 981. The van der Waals surface area contributed by atoms with Crippen LogP contribution in [-0.2, 0) is 14.8 Å². The van der Waals surface area contributed by atoms with Crippen molar-refractivity contribution in [1.82, 2.24) is 9.80 Å². The van der Waals surface area contributed by atoms with Crippen molar-refractivity contribution in [2.45, 2.75) is 39.0 Å². The summed E-state index contributed by atoms with van der Waals surface area (Å²) in [4.78, 5) is 17.0. The fourth-order valence-corrected chi connectivity index (χ4v) is 6.26. The fourth-order valence-electron chi connectivity index (χ4n) is 4.59. The maximum atomic E-state index is 12.8. The van der Waals surface area contributed by atoms with Crippen molar-refractivity contribution in [3.8, 4) is 0 Å². The maximum Gasteiger partial charge on any atom is 0.285 e. The topological polar surface area (TPSA) is 70.1 Å². The van der Waals surface area contributed by atoms with Gasteiger partial charge in [-0.3, -0.25) is 4.79 Å². The highest BCUT2D eigenvalue weighted by atomic mass is 35.5.